The first kappa shape index (κ1) is 12.2. The van der Waals surface area contributed by atoms with Gasteiger partial charge in [0.2, 0.25) is 5.91 Å². The molecule has 4 aliphatic heterocycles. The average Bonchev–Trinajstić information content (AvgIpc) is 2.42. The summed E-state index contributed by atoms with van der Waals surface area (Å²) in [7, 11) is 0. The minimum atomic E-state index is -0.825. The van der Waals surface area contributed by atoms with Crippen molar-refractivity contribution in [3.63, 3.8) is 0 Å². The van der Waals surface area contributed by atoms with Crippen LogP contribution in [-0.4, -0.2) is 52.2 Å². The fraction of sp³-hybridized carbons (Fsp3) is 0.933. The highest BCUT2D eigenvalue weighted by atomic mass is 16.3. The Morgan fingerprint density at radius 2 is 2.11 bits per heavy atom. The summed E-state index contributed by atoms with van der Waals surface area (Å²) in [5.74, 6) is 1.07. The SMILES string of the molecule is O=C1CCC[C@@]2(O)[C@@H]3C[C@H](CN12)[C@H]1CCCCN1C3. The lowest BCUT2D eigenvalue weighted by atomic mass is 9.69. The number of hydrogen-bond donors (Lipinski definition) is 1. The molecule has 4 rings (SSSR count). The van der Waals surface area contributed by atoms with Crippen molar-refractivity contribution in [2.24, 2.45) is 11.8 Å². The number of nitrogens with zero attached hydrogens (tertiary/aromatic N) is 2. The number of carbonyl (C=O) groups is 1. The zero-order valence-electron chi connectivity index (χ0n) is 11.6. The summed E-state index contributed by atoms with van der Waals surface area (Å²) in [6.07, 6.45) is 7.33. The van der Waals surface area contributed by atoms with Crippen LogP contribution in [0.25, 0.3) is 0 Å². The number of rotatable bonds is 0. The molecule has 0 unspecified atom stereocenters. The maximum atomic E-state index is 12.2. The third-order valence-corrected chi connectivity index (χ3v) is 6.03. The number of fused-ring (bicyclic) bond motifs is 6. The molecule has 19 heavy (non-hydrogen) atoms. The van der Waals surface area contributed by atoms with Crippen LogP contribution in [0.15, 0.2) is 0 Å². The fourth-order valence-corrected chi connectivity index (χ4v) is 5.09. The van der Waals surface area contributed by atoms with E-state index in [1.807, 2.05) is 4.90 Å². The van der Waals surface area contributed by atoms with Gasteiger partial charge in [0.05, 0.1) is 0 Å². The first-order chi connectivity index (χ1) is 9.18. The van der Waals surface area contributed by atoms with Crippen LogP contribution in [0.3, 0.4) is 0 Å². The number of piperidine rings is 4. The fourth-order valence-electron chi connectivity index (χ4n) is 5.09. The highest BCUT2D eigenvalue weighted by Gasteiger charge is 2.55. The molecule has 0 spiro atoms. The van der Waals surface area contributed by atoms with E-state index in [0.29, 0.717) is 18.4 Å². The van der Waals surface area contributed by atoms with Gasteiger partial charge in [-0.3, -0.25) is 9.69 Å². The van der Waals surface area contributed by atoms with Crippen LogP contribution in [-0.2, 0) is 4.79 Å². The normalized spacial score (nSPS) is 46.7. The zero-order chi connectivity index (χ0) is 13.0. The molecule has 4 heterocycles. The second-order valence-electron chi connectivity index (χ2n) is 6.99. The second-order valence-corrected chi connectivity index (χ2v) is 6.99. The third-order valence-electron chi connectivity index (χ3n) is 6.03. The van der Waals surface area contributed by atoms with E-state index in [4.69, 9.17) is 0 Å². The molecule has 0 aromatic rings. The van der Waals surface area contributed by atoms with Crippen LogP contribution in [0.1, 0.15) is 44.9 Å². The Kier molecular flexibility index (Phi) is 2.68. The van der Waals surface area contributed by atoms with E-state index in [0.717, 1.165) is 32.4 Å². The lowest BCUT2D eigenvalue weighted by Gasteiger charge is -2.60. The van der Waals surface area contributed by atoms with E-state index in [2.05, 4.69) is 4.90 Å². The van der Waals surface area contributed by atoms with E-state index in [-0.39, 0.29) is 11.8 Å². The van der Waals surface area contributed by atoms with Gasteiger partial charge in [0.15, 0.2) is 0 Å². The molecule has 4 fully saturated rings. The number of carbonyl (C=O) groups excluding carboxylic acids is 1. The third kappa shape index (κ3) is 1.69. The molecule has 4 nitrogen and oxygen atoms in total. The van der Waals surface area contributed by atoms with Crippen LogP contribution in [0.5, 0.6) is 0 Å². The average molecular weight is 264 g/mol. The van der Waals surface area contributed by atoms with Gasteiger partial charge in [-0.2, -0.15) is 0 Å². The summed E-state index contributed by atoms with van der Waals surface area (Å²) < 4.78 is 0. The lowest BCUT2D eigenvalue weighted by molar-refractivity contribution is -0.226. The van der Waals surface area contributed by atoms with Crippen molar-refractivity contribution in [1.29, 1.82) is 0 Å². The highest BCUT2D eigenvalue weighted by Crippen LogP contribution is 2.47. The second kappa shape index (κ2) is 4.19. The summed E-state index contributed by atoms with van der Waals surface area (Å²) in [5.41, 5.74) is -0.825. The van der Waals surface area contributed by atoms with Gasteiger partial charge >= 0.3 is 0 Å². The Hall–Kier alpha value is -0.610. The van der Waals surface area contributed by atoms with Crippen LogP contribution in [0.2, 0.25) is 0 Å². The lowest BCUT2D eigenvalue weighted by Crippen LogP contribution is -2.70. The highest BCUT2D eigenvalue weighted by molar-refractivity contribution is 5.78. The van der Waals surface area contributed by atoms with Gasteiger partial charge < -0.3 is 10.0 Å². The van der Waals surface area contributed by atoms with Crippen molar-refractivity contribution >= 4 is 5.91 Å². The number of hydrogen-bond acceptors (Lipinski definition) is 3. The van der Waals surface area contributed by atoms with Crippen LogP contribution in [0, 0.1) is 11.8 Å². The molecule has 106 valence electrons. The van der Waals surface area contributed by atoms with Crippen molar-refractivity contribution < 1.29 is 9.90 Å². The molecule has 0 aromatic heterocycles. The maximum Gasteiger partial charge on any atom is 0.224 e. The van der Waals surface area contributed by atoms with Gasteiger partial charge in [0.25, 0.3) is 0 Å². The van der Waals surface area contributed by atoms with Gasteiger partial charge in [-0.05, 0) is 44.6 Å². The van der Waals surface area contributed by atoms with E-state index < -0.39 is 5.72 Å². The molecular formula is C15H24N2O2. The molecule has 1 amide bonds. The Bertz CT molecular complexity index is 400. The van der Waals surface area contributed by atoms with Gasteiger partial charge in [-0.1, -0.05) is 6.42 Å². The van der Waals surface area contributed by atoms with E-state index in [9.17, 15) is 9.90 Å². The van der Waals surface area contributed by atoms with E-state index in [1.165, 1.54) is 25.8 Å². The minimum Gasteiger partial charge on any atom is -0.370 e. The summed E-state index contributed by atoms with van der Waals surface area (Å²) >= 11 is 0. The molecule has 4 aliphatic rings. The Balaban J connectivity index is 1.65. The number of aliphatic hydroxyl groups is 1. The molecule has 0 aliphatic carbocycles. The van der Waals surface area contributed by atoms with Gasteiger partial charge in [0, 0.05) is 31.5 Å². The summed E-state index contributed by atoms with van der Waals surface area (Å²) in [4.78, 5) is 16.6. The summed E-state index contributed by atoms with van der Waals surface area (Å²) in [6.45, 7) is 3.00. The Morgan fingerprint density at radius 3 is 3.00 bits per heavy atom. The molecule has 0 saturated carbocycles. The molecule has 1 N–H and O–H groups in total. The first-order valence-electron chi connectivity index (χ1n) is 7.95. The topological polar surface area (TPSA) is 43.8 Å². The van der Waals surface area contributed by atoms with E-state index >= 15 is 0 Å². The van der Waals surface area contributed by atoms with Crippen LogP contribution < -0.4 is 0 Å². The van der Waals surface area contributed by atoms with Gasteiger partial charge in [-0.25, -0.2) is 0 Å². The summed E-state index contributed by atoms with van der Waals surface area (Å²) in [5, 5.41) is 11.0. The van der Waals surface area contributed by atoms with Gasteiger partial charge in [-0.15, -0.1) is 0 Å². The first-order valence-corrected chi connectivity index (χ1v) is 7.95. The van der Waals surface area contributed by atoms with Crippen molar-refractivity contribution in [3.8, 4) is 0 Å². The van der Waals surface area contributed by atoms with Crippen molar-refractivity contribution in [2.75, 3.05) is 19.6 Å². The molecule has 2 bridgehead atoms. The smallest absolute Gasteiger partial charge is 0.224 e. The summed E-state index contributed by atoms with van der Waals surface area (Å²) in [6, 6.07) is 0.671. The minimum absolute atomic E-state index is 0.188. The molecule has 4 saturated heterocycles. The van der Waals surface area contributed by atoms with Gasteiger partial charge in [0.1, 0.15) is 5.72 Å². The van der Waals surface area contributed by atoms with Crippen molar-refractivity contribution in [1.82, 2.24) is 9.80 Å². The largest absolute Gasteiger partial charge is 0.370 e. The number of amides is 1. The van der Waals surface area contributed by atoms with Crippen molar-refractivity contribution in [3.05, 3.63) is 0 Å². The maximum absolute atomic E-state index is 12.2. The van der Waals surface area contributed by atoms with Crippen molar-refractivity contribution in [2.45, 2.75) is 56.7 Å². The molecule has 0 radical (unpaired) electrons. The molecule has 4 atom stereocenters. The molecule has 4 heteroatoms. The Morgan fingerprint density at radius 1 is 1.21 bits per heavy atom. The predicted molar refractivity (Wildman–Crippen MR) is 71.3 cm³/mol. The standard InChI is InChI=1S/C15H24N2O2/c18-14-5-3-6-15(19)12-8-11(9-17(14)15)13-4-1-2-7-16(13)10-12/h11-13,19H,1-10H2/t11-,12-,13-,15-/m1/s1. The van der Waals surface area contributed by atoms with Crippen LogP contribution in [0.4, 0.5) is 0 Å². The molecular weight excluding hydrogens is 240 g/mol. The van der Waals surface area contributed by atoms with Crippen LogP contribution >= 0.6 is 0 Å². The zero-order valence-corrected chi connectivity index (χ0v) is 11.6. The van der Waals surface area contributed by atoms with E-state index in [1.54, 1.807) is 0 Å². The molecule has 0 aromatic carbocycles. The Labute approximate surface area is 114 Å². The quantitative estimate of drug-likeness (QED) is 0.715. The monoisotopic (exact) mass is 264 g/mol. The predicted octanol–water partition coefficient (Wildman–Crippen LogP) is 1.19.